The minimum absolute atomic E-state index is 0.0628. The molecule has 0 saturated carbocycles. The molecule has 0 fully saturated rings. The molecule has 31 heavy (non-hydrogen) atoms. The Kier molecular flexibility index (Phi) is 4.85. The van der Waals surface area contributed by atoms with Crippen molar-refractivity contribution in [2.24, 2.45) is 0 Å². The largest absolute Gasteiger partial charge is 0.478 e. The Morgan fingerprint density at radius 3 is 2.19 bits per heavy atom. The normalized spacial score (nSPS) is 11.6. The number of rotatable bonds is 3. The van der Waals surface area contributed by atoms with E-state index in [9.17, 15) is 27.5 Å². The average Bonchev–Trinajstić information content (AvgIpc) is 2.72. The average molecular weight is 426 g/mol. The van der Waals surface area contributed by atoms with Crippen LogP contribution in [-0.4, -0.2) is 16.1 Å². The molecule has 4 rings (SSSR count). The van der Waals surface area contributed by atoms with Crippen LogP contribution in [0.5, 0.6) is 0 Å². The maximum Gasteiger partial charge on any atom is 0.416 e. The predicted molar refractivity (Wildman–Crippen MR) is 109 cm³/mol. The van der Waals surface area contributed by atoms with E-state index in [1.807, 2.05) is 0 Å². The number of pyridine rings is 1. The van der Waals surface area contributed by atoms with E-state index in [-0.39, 0.29) is 22.3 Å². The van der Waals surface area contributed by atoms with Crippen molar-refractivity contribution in [3.05, 3.63) is 83.7 Å². The van der Waals surface area contributed by atoms with Crippen LogP contribution in [0.4, 0.5) is 23.2 Å². The van der Waals surface area contributed by atoms with Gasteiger partial charge >= 0.3 is 12.1 Å². The van der Waals surface area contributed by atoms with Crippen molar-refractivity contribution in [1.29, 1.82) is 0 Å². The van der Waals surface area contributed by atoms with Crippen LogP contribution in [0.3, 0.4) is 0 Å². The van der Waals surface area contributed by atoms with Gasteiger partial charge in [0.2, 0.25) is 0 Å². The lowest BCUT2D eigenvalue weighted by Gasteiger charge is -2.14. The highest BCUT2D eigenvalue weighted by atomic mass is 19.4. The second-order valence-corrected chi connectivity index (χ2v) is 6.84. The second kappa shape index (κ2) is 7.39. The maximum absolute atomic E-state index is 14.0. The first-order valence-electron chi connectivity index (χ1n) is 9.06. The molecule has 1 heterocycles. The topological polar surface area (TPSA) is 76.2 Å². The van der Waals surface area contributed by atoms with Gasteiger partial charge < -0.3 is 10.8 Å². The predicted octanol–water partition coefficient (Wildman–Crippen LogP) is 6.01. The highest BCUT2D eigenvalue weighted by Crippen LogP contribution is 2.37. The SMILES string of the molecule is Nc1c(-c2ccc(-c3ccccc3F)cc2)nc2ccc(C(F)(F)F)cc2c1C(=O)O. The summed E-state index contributed by atoms with van der Waals surface area (Å²) in [6.07, 6.45) is -4.64. The number of carbonyl (C=O) groups is 1. The fourth-order valence-corrected chi connectivity index (χ4v) is 3.41. The summed E-state index contributed by atoms with van der Waals surface area (Å²) in [5.41, 5.74) is 5.93. The van der Waals surface area contributed by atoms with Crippen molar-refractivity contribution in [1.82, 2.24) is 4.98 Å². The van der Waals surface area contributed by atoms with Crippen LogP contribution in [-0.2, 0) is 6.18 Å². The Labute approximate surface area is 173 Å². The van der Waals surface area contributed by atoms with E-state index in [0.29, 0.717) is 16.7 Å². The first kappa shape index (κ1) is 20.3. The summed E-state index contributed by atoms with van der Waals surface area (Å²) in [7, 11) is 0. The molecule has 0 aliphatic heterocycles. The van der Waals surface area contributed by atoms with E-state index in [0.717, 1.165) is 18.2 Å². The molecule has 3 N–H and O–H groups in total. The highest BCUT2D eigenvalue weighted by Gasteiger charge is 2.31. The number of nitrogen functional groups attached to an aromatic ring is 1. The Balaban J connectivity index is 1.87. The molecule has 0 aliphatic rings. The first-order valence-corrected chi connectivity index (χ1v) is 9.06. The third-order valence-corrected chi connectivity index (χ3v) is 4.91. The molecule has 0 amide bonds. The number of nitrogens with two attached hydrogens (primary N) is 1. The van der Waals surface area contributed by atoms with Crippen molar-refractivity contribution >= 4 is 22.6 Å². The van der Waals surface area contributed by atoms with Gasteiger partial charge in [0.25, 0.3) is 0 Å². The minimum Gasteiger partial charge on any atom is -0.478 e. The van der Waals surface area contributed by atoms with Crippen molar-refractivity contribution in [2.45, 2.75) is 6.18 Å². The number of hydrogen-bond acceptors (Lipinski definition) is 3. The zero-order valence-electron chi connectivity index (χ0n) is 15.7. The summed E-state index contributed by atoms with van der Waals surface area (Å²) in [6.45, 7) is 0. The summed E-state index contributed by atoms with van der Waals surface area (Å²) < 4.78 is 53.2. The maximum atomic E-state index is 14.0. The third-order valence-electron chi connectivity index (χ3n) is 4.91. The van der Waals surface area contributed by atoms with Crippen LogP contribution in [0.1, 0.15) is 15.9 Å². The molecular weight excluding hydrogens is 412 g/mol. The van der Waals surface area contributed by atoms with Gasteiger partial charge in [0.15, 0.2) is 0 Å². The number of carboxylic acids is 1. The van der Waals surface area contributed by atoms with Gasteiger partial charge in [-0.15, -0.1) is 0 Å². The Morgan fingerprint density at radius 1 is 0.935 bits per heavy atom. The fraction of sp³-hybridized carbons (Fsp3) is 0.0435. The molecule has 0 bridgehead atoms. The van der Waals surface area contributed by atoms with E-state index < -0.39 is 29.1 Å². The van der Waals surface area contributed by atoms with E-state index >= 15 is 0 Å². The van der Waals surface area contributed by atoms with Crippen LogP contribution in [0.15, 0.2) is 66.7 Å². The molecule has 3 aromatic carbocycles. The summed E-state index contributed by atoms with van der Waals surface area (Å²) >= 11 is 0. The molecule has 4 aromatic rings. The van der Waals surface area contributed by atoms with Gasteiger partial charge in [-0.05, 0) is 29.8 Å². The number of benzene rings is 3. The number of hydrogen-bond donors (Lipinski definition) is 2. The van der Waals surface area contributed by atoms with Crippen LogP contribution in [0.25, 0.3) is 33.3 Å². The third kappa shape index (κ3) is 3.68. The summed E-state index contributed by atoms with van der Waals surface area (Å²) in [5.74, 6) is -1.86. The van der Waals surface area contributed by atoms with Gasteiger partial charge in [-0.2, -0.15) is 13.2 Å². The molecule has 0 saturated heterocycles. The van der Waals surface area contributed by atoms with Crippen molar-refractivity contribution < 1.29 is 27.5 Å². The molecule has 156 valence electrons. The number of anilines is 1. The lowest BCUT2D eigenvalue weighted by atomic mass is 9.98. The van der Waals surface area contributed by atoms with Crippen LogP contribution >= 0.6 is 0 Å². The summed E-state index contributed by atoms with van der Waals surface area (Å²) in [6, 6.07) is 15.4. The van der Waals surface area contributed by atoms with Crippen molar-refractivity contribution in [3.63, 3.8) is 0 Å². The monoisotopic (exact) mass is 426 g/mol. The molecule has 0 atom stereocenters. The van der Waals surface area contributed by atoms with Gasteiger partial charge in [0.1, 0.15) is 5.82 Å². The fourth-order valence-electron chi connectivity index (χ4n) is 3.41. The number of fused-ring (bicyclic) bond motifs is 1. The molecule has 8 heteroatoms. The summed E-state index contributed by atoms with van der Waals surface area (Å²) in [4.78, 5) is 16.1. The zero-order chi connectivity index (χ0) is 22.3. The number of aromatic nitrogens is 1. The molecular formula is C23H14F4N2O2. The Morgan fingerprint density at radius 2 is 1.58 bits per heavy atom. The molecule has 0 aliphatic carbocycles. The molecule has 1 aromatic heterocycles. The molecule has 0 radical (unpaired) electrons. The highest BCUT2D eigenvalue weighted by molar-refractivity contribution is 6.10. The van der Waals surface area contributed by atoms with Gasteiger partial charge in [-0.25, -0.2) is 14.2 Å². The van der Waals surface area contributed by atoms with Gasteiger partial charge in [0, 0.05) is 16.5 Å². The van der Waals surface area contributed by atoms with E-state index in [4.69, 9.17) is 5.73 Å². The number of nitrogens with zero attached hydrogens (tertiary/aromatic N) is 1. The lowest BCUT2D eigenvalue weighted by molar-refractivity contribution is -0.137. The molecule has 0 unspecified atom stereocenters. The lowest BCUT2D eigenvalue weighted by Crippen LogP contribution is -2.09. The number of alkyl halides is 3. The number of carboxylic acid groups (broad SMARTS) is 1. The number of halogens is 4. The van der Waals surface area contributed by atoms with Gasteiger partial charge in [-0.3, -0.25) is 0 Å². The van der Waals surface area contributed by atoms with E-state index in [2.05, 4.69) is 4.98 Å². The van der Waals surface area contributed by atoms with Gasteiger partial charge in [0.05, 0.1) is 28.0 Å². The quantitative estimate of drug-likeness (QED) is 0.394. The zero-order valence-corrected chi connectivity index (χ0v) is 15.7. The molecule has 4 nitrogen and oxygen atoms in total. The number of aromatic carboxylic acids is 1. The van der Waals surface area contributed by atoms with Crippen LogP contribution in [0, 0.1) is 5.82 Å². The van der Waals surface area contributed by atoms with Gasteiger partial charge in [-0.1, -0.05) is 42.5 Å². The second-order valence-electron chi connectivity index (χ2n) is 6.84. The van der Waals surface area contributed by atoms with Crippen LogP contribution < -0.4 is 5.73 Å². The van der Waals surface area contributed by atoms with E-state index in [1.54, 1.807) is 42.5 Å². The van der Waals surface area contributed by atoms with Crippen molar-refractivity contribution in [2.75, 3.05) is 5.73 Å². The smallest absolute Gasteiger partial charge is 0.416 e. The van der Waals surface area contributed by atoms with Crippen LogP contribution in [0.2, 0.25) is 0 Å². The Bertz CT molecular complexity index is 1320. The standard InChI is InChI=1S/C23H14F4N2O2/c24-17-4-2-1-3-15(17)12-5-7-13(8-6-12)21-20(28)19(22(30)31)16-11-14(23(25,26)27)9-10-18(16)29-21/h1-11H,28H2,(H,30,31). The summed E-state index contributed by atoms with van der Waals surface area (Å²) in [5, 5.41) is 9.42. The minimum atomic E-state index is -4.64. The molecule has 0 spiro atoms. The van der Waals surface area contributed by atoms with E-state index in [1.165, 1.54) is 6.07 Å². The Hall–Kier alpha value is -3.94. The first-order chi connectivity index (χ1) is 14.7. The van der Waals surface area contributed by atoms with Crippen molar-refractivity contribution in [3.8, 4) is 22.4 Å².